The van der Waals surface area contributed by atoms with Gasteiger partial charge in [-0.25, -0.2) is 9.59 Å². The normalized spacial score (nSPS) is 14.4. The summed E-state index contributed by atoms with van der Waals surface area (Å²) in [4.78, 5) is 37.5. The molecule has 1 aliphatic heterocycles. The number of esters is 1. The predicted octanol–water partition coefficient (Wildman–Crippen LogP) is 2.21. The summed E-state index contributed by atoms with van der Waals surface area (Å²) < 4.78 is 15.5. The molecule has 2 N–H and O–H groups in total. The molecular weight excluding hydrogens is 356 g/mol. The van der Waals surface area contributed by atoms with Crippen molar-refractivity contribution in [1.29, 1.82) is 0 Å². The minimum absolute atomic E-state index is 0.0916. The second kappa shape index (κ2) is 9.11. The molecule has 0 aromatic heterocycles. The molecule has 1 saturated heterocycles. The van der Waals surface area contributed by atoms with E-state index in [9.17, 15) is 14.4 Å². The number of likely N-dealkylation sites (tertiary alicyclic amines) is 1. The van der Waals surface area contributed by atoms with Crippen LogP contribution >= 0.6 is 0 Å². The predicted molar refractivity (Wildman–Crippen MR) is 96.5 cm³/mol. The number of carbonyl (C=O) groups excluding carboxylic acids is 2. The fraction of sp³-hybridized carbons (Fsp3) is 0.500. The lowest BCUT2D eigenvalue weighted by molar-refractivity contribution is -0.143. The number of carboxylic acids is 1. The Kier molecular flexibility index (Phi) is 6.86. The minimum atomic E-state index is -0.850. The van der Waals surface area contributed by atoms with E-state index in [0.29, 0.717) is 31.7 Å². The summed E-state index contributed by atoms with van der Waals surface area (Å²) in [5.74, 6) is -1.30. The van der Waals surface area contributed by atoms with E-state index in [4.69, 9.17) is 19.3 Å². The van der Waals surface area contributed by atoms with Gasteiger partial charge < -0.3 is 29.5 Å². The number of ether oxygens (including phenoxy) is 3. The highest BCUT2D eigenvalue weighted by Gasteiger charge is 2.28. The van der Waals surface area contributed by atoms with E-state index in [2.05, 4.69) is 5.32 Å². The first kappa shape index (κ1) is 20.3. The van der Waals surface area contributed by atoms with E-state index in [0.717, 1.165) is 0 Å². The molecule has 0 saturated carbocycles. The highest BCUT2D eigenvalue weighted by Crippen LogP contribution is 2.33. The number of anilines is 1. The first-order valence-electron chi connectivity index (χ1n) is 8.63. The number of aliphatic carboxylic acids is 1. The van der Waals surface area contributed by atoms with E-state index in [1.54, 1.807) is 6.92 Å². The van der Waals surface area contributed by atoms with Crippen molar-refractivity contribution < 1.29 is 33.7 Å². The van der Waals surface area contributed by atoms with E-state index in [-0.39, 0.29) is 23.6 Å². The number of amides is 2. The first-order valence-corrected chi connectivity index (χ1v) is 8.63. The number of carboxylic acid groups (broad SMARTS) is 1. The van der Waals surface area contributed by atoms with E-state index < -0.39 is 23.9 Å². The molecule has 27 heavy (non-hydrogen) atoms. The number of methoxy groups -OCH3 is 2. The SMILES string of the molecule is CCOC(=O)c1c(NC(=O)N2CCC(C(=O)O)CC2)cc(OC)cc1OC. The van der Waals surface area contributed by atoms with Gasteiger partial charge in [0.1, 0.15) is 17.1 Å². The van der Waals surface area contributed by atoms with Gasteiger partial charge in [-0.1, -0.05) is 0 Å². The third-order valence-corrected chi connectivity index (χ3v) is 4.38. The minimum Gasteiger partial charge on any atom is -0.497 e. The number of nitrogens with zero attached hydrogens (tertiary/aromatic N) is 1. The topological polar surface area (TPSA) is 114 Å². The van der Waals surface area contributed by atoms with Crippen LogP contribution in [0.3, 0.4) is 0 Å². The number of rotatable bonds is 6. The van der Waals surface area contributed by atoms with Gasteiger partial charge in [0.25, 0.3) is 0 Å². The fourth-order valence-electron chi connectivity index (χ4n) is 2.91. The van der Waals surface area contributed by atoms with Crippen LogP contribution in [0.4, 0.5) is 10.5 Å². The maximum atomic E-state index is 12.6. The van der Waals surface area contributed by atoms with Gasteiger partial charge in [-0.3, -0.25) is 4.79 Å². The molecule has 2 amide bonds. The molecule has 0 bridgehead atoms. The van der Waals surface area contributed by atoms with Crippen molar-refractivity contribution in [2.24, 2.45) is 5.92 Å². The third-order valence-electron chi connectivity index (χ3n) is 4.38. The molecule has 1 aromatic carbocycles. The van der Waals surface area contributed by atoms with Gasteiger partial charge in [-0.05, 0) is 19.8 Å². The van der Waals surface area contributed by atoms with Gasteiger partial charge in [0.15, 0.2) is 0 Å². The van der Waals surface area contributed by atoms with Gasteiger partial charge in [-0.2, -0.15) is 0 Å². The standard InChI is InChI=1S/C18H24N2O7/c1-4-27-17(23)15-13(9-12(25-2)10-14(15)26-3)19-18(24)20-7-5-11(6-8-20)16(21)22/h9-11H,4-8H2,1-3H3,(H,19,24)(H,21,22). The molecule has 0 radical (unpaired) electrons. The maximum absolute atomic E-state index is 12.6. The number of nitrogens with one attached hydrogen (secondary N) is 1. The molecule has 148 valence electrons. The number of hydrogen-bond acceptors (Lipinski definition) is 6. The number of piperidine rings is 1. The van der Waals surface area contributed by atoms with Crippen molar-refractivity contribution in [1.82, 2.24) is 4.90 Å². The summed E-state index contributed by atoms with van der Waals surface area (Å²) in [5.41, 5.74) is 0.295. The van der Waals surface area contributed by atoms with Crippen LogP contribution in [0.1, 0.15) is 30.1 Å². The Morgan fingerprint density at radius 1 is 1.19 bits per heavy atom. The molecule has 0 atom stereocenters. The van der Waals surface area contributed by atoms with Crippen LogP contribution in [0.15, 0.2) is 12.1 Å². The summed E-state index contributed by atoms with van der Waals surface area (Å²) >= 11 is 0. The van der Waals surface area contributed by atoms with Gasteiger partial charge in [0.2, 0.25) is 0 Å². The number of urea groups is 1. The number of carbonyl (C=O) groups is 3. The molecule has 1 heterocycles. The maximum Gasteiger partial charge on any atom is 0.344 e. The van der Waals surface area contributed by atoms with Crippen molar-refractivity contribution in [3.8, 4) is 11.5 Å². The Balaban J connectivity index is 2.24. The van der Waals surface area contributed by atoms with E-state index in [1.165, 1.54) is 31.3 Å². The molecule has 0 spiro atoms. The van der Waals surface area contributed by atoms with E-state index >= 15 is 0 Å². The first-order chi connectivity index (χ1) is 12.9. The zero-order valence-corrected chi connectivity index (χ0v) is 15.6. The molecule has 1 aromatic rings. The Hall–Kier alpha value is -2.97. The highest BCUT2D eigenvalue weighted by atomic mass is 16.5. The van der Waals surface area contributed by atoms with Crippen LogP contribution in [0.5, 0.6) is 11.5 Å². The van der Waals surface area contributed by atoms with Crippen LogP contribution in [0, 0.1) is 5.92 Å². The highest BCUT2D eigenvalue weighted by molar-refractivity contribution is 6.03. The summed E-state index contributed by atoms with van der Waals surface area (Å²) in [6.07, 6.45) is 0.768. The number of benzene rings is 1. The van der Waals surface area contributed by atoms with Crippen LogP contribution in [0.2, 0.25) is 0 Å². The van der Waals surface area contributed by atoms with Crippen molar-refractivity contribution in [3.05, 3.63) is 17.7 Å². The van der Waals surface area contributed by atoms with Gasteiger partial charge >= 0.3 is 18.0 Å². The summed E-state index contributed by atoms with van der Waals surface area (Å²) in [7, 11) is 2.86. The zero-order chi connectivity index (χ0) is 20.0. The van der Waals surface area contributed by atoms with Gasteiger partial charge in [0, 0.05) is 25.2 Å². The van der Waals surface area contributed by atoms with Crippen LogP contribution in [-0.4, -0.2) is 61.9 Å². The Labute approximate surface area is 157 Å². The summed E-state index contributed by atoms with van der Waals surface area (Å²) in [5, 5.41) is 11.8. The molecule has 1 aliphatic rings. The van der Waals surface area contributed by atoms with Crippen molar-refractivity contribution in [2.75, 3.05) is 39.2 Å². The molecular formula is C18H24N2O7. The Morgan fingerprint density at radius 2 is 1.85 bits per heavy atom. The second-order valence-electron chi connectivity index (χ2n) is 6.00. The summed E-state index contributed by atoms with van der Waals surface area (Å²) in [6, 6.07) is 2.61. The van der Waals surface area contributed by atoms with Crippen LogP contribution < -0.4 is 14.8 Å². The van der Waals surface area contributed by atoms with Crippen LogP contribution in [-0.2, 0) is 9.53 Å². The third kappa shape index (κ3) is 4.81. The Morgan fingerprint density at radius 3 is 2.37 bits per heavy atom. The van der Waals surface area contributed by atoms with E-state index in [1.807, 2.05) is 0 Å². The second-order valence-corrected chi connectivity index (χ2v) is 6.00. The lowest BCUT2D eigenvalue weighted by atomic mass is 9.97. The molecule has 1 fully saturated rings. The fourth-order valence-corrected chi connectivity index (χ4v) is 2.91. The van der Waals surface area contributed by atoms with Gasteiger partial charge in [0.05, 0.1) is 32.4 Å². The smallest absolute Gasteiger partial charge is 0.344 e. The average molecular weight is 380 g/mol. The Bertz CT molecular complexity index is 712. The quantitative estimate of drug-likeness (QED) is 0.727. The molecule has 9 nitrogen and oxygen atoms in total. The molecule has 0 aliphatic carbocycles. The zero-order valence-electron chi connectivity index (χ0n) is 15.6. The lowest BCUT2D eigenvalue weighted by Gasteiger charge is -2.30. The number of hydrogen-bond donors (Lipinski definition) is 2. The molecule has 2 rings (SSSR count). The van der Waals surface area contributed by atoms with Gasteiger partial charge in [-0.15, -0.1) is 0 Å². The molecule has 0 unspecified atom stereocenters. The summed E-state index contributed by atoms with van der Waals surface area (Å²) in [6.45, 7) is 2.49. The average Bonchev–Trinajstić information content (AvgIpc) is 2.67. The van der Waals surface area contributed by atoms with Crippen molar-refractivity contribution >= 4 is 23.7 Å². The lowest BCUT2D eigenvalue weighted by Crippen LogP contribution is -2.42. The monoisotopic (exact) mass is 380 g/mol. The van der Waals surface area contributed by atoms with Crippen LogP contribution in [0.25, 0.3) is 0 Å². The van der Waals surface area contributed by atoms with Crippen molar-refractivity contribution in [2.45, 2.75) is 19.8 Å². The van der Waals surface area contributed by atoms with Crippen molar-refractivity contribution in [3.63, 3.8) is 0 Å². The largest absolute Gasteiger partial charge is 0.497 e. The molecule has 9 heteroatoms.